The number of rotatable bonds is 2. The molecule has 0 unspecified atom stereocenters. The van der Waals surface area contributed by atoms with Crippen molar-refractivity contribution in [1.82, 2.24) is 19.9 Å². The van der Waals surface area contributed by atoms with E-state index < -0.39 is 0 Å². The second-order valence-corrected chi connectivity index (χ2v) is 6.26. The molecule has 1 N–H and O–H groups in total. The standard InChI is InChI=1S/C16H21N5O/c1-11(22)20-8-2-4-13(20)14-5-3-9-21(14)16-12-6-7-17-15(12)18-10-19-16/h6-7,10,13-14H,2-5,8-9H2,1H3,(H,17,18,19)/t13-,14-/m0/s1. The molecule has 0 aromatic carbocycles. The second kappa shape index (κ2) is 5.26. The first kappa shape index (κ1) is 13.5. The molecule has 2 saturated heterocycles. The molecule has 0 bridgehead atoms. The minimum atomic E-state index is 0.198. The second-order valence-electron chi connectivity index (χ2n) is 6.26. The van der Waals surface area contributed by atoms with Gasteiger partial charge in [0.2, 0.25) is 5.91 Å². The van der Waals surface area contributed by atoms with E-state index in [4.69, 9.17) is 0 Å². The highest BCUT2D eigenvalue weighted by atomic mass is 16.2. The predicted octanol–water partition coefficient (Wildman–Crippen LogP) is 1.94. The maximum absolute atomic E-state index is 11.9. The van der Waals surface area contributed by atoms with E-state index in [0.717, 1.165) is 55.6 Å². The van der Waals surface area contributed by atoms with E-state index in [-0.39, 0.29) is 5.91 Å². The zero-order chi connectivity index (χ0) is 15.1. The van der Waals surface area contributed by atoms with Crippen molar-refractivity contribution in [3.63, 3.8) is 0 Å². The first-order valence-corrected chi connectivity index (χ1v) is 8.07. The van der Waals surface area contributed by atoms with Crippen LogP contribution >= 0.6 is 0 Å². The van der Waals surface area contributed by atoms with Gasteiger partial charge in [0.1, 0.15) is 17.8 Å². The van der Waals surface area contributed by atoms with Crippen LogP contribution in [-0.2, 0) is 4.79 Å². The van der Waals surface area contributed by atoms with E-state index in [9.17, 15) is 4.79 Å². The first-order valence-electron chi connectivity index (χ1n) is 8.07. The van der Waals surface area contributed by atoms with E-state index in [1.165, 1.54) is 0 Å². The minimum Gasteiger partial charge on any atom is -0.351 e. The summed E-state index contributed by atoms with van der Waals surface area (Å²) in [6, 6.07) is 2.74. The molecule has 1 amide bonds. The summed E-state index contributed by atoms with van der Waals surface area (Å²) in [5.74, 6) is 1.20. The molecule has 6 heteroatoms. The van der Waals surface area contributed by atoms with E-state index in [2.05, 4.69) is 24.8 Å². The minimum absolute atomic E-state index is 0.198. The van der Waals surface area contributed by atoms with Crippen molar-refractivity contribution in [2.75, 3.05) is 18.0 Å². The van der Waals surface area contributed by atoms with Gasteiger partial charge in [-0.15, -0.1) is 0 Å². The maximum Gasteiger partial charge on any atom is 0.219 e. The molecule has 2 aromatic rings. The third kappa shape index (κ3) is 2.05. The van der Waals surface area contributed by atoms with Gasteiger partial charge in [-0.25, -0.2) is 9.97 Å². The third-order valence-corrected chi connectivity index (χ3v) is 5.05. The summed E-state index contributed by atoms with van der Waals surface area (Å²) in [7, 11) is 0. The van der Waals surface area contributed by atoms with Gasteiger partial charge in [-0.2, -0.15) is 0 Å². The number of likely N-dealkylation sites (tertiary alicyclic amines) is 1. The molecule has 22 heavy (non-hydrogen) atoms. The van der Waals surface area contributed by atoms with Crippen LogP contribution < -0.4 is 4.90 Å². The number of carbonyl (C=O) groups excluding carboxylic acids is 1. The number of amides is 1. The fourth-order valence-electron chi connectivity index (χ4n) is 4.13. The van der Waals surface area contributed by atoms with E-state index in [0.29, 0.717) is 12.1 Å². The van der Waals surface area contributed by atoms with Crippen molar-refractivity contribution in [3.05, 3.63) is 18.6 Å². The number of aromatic nitrogens is 3. The molecule has 6 nitrogen and oxygen atoms in total. The van der Waals surface area contributed by atoms with Crippen LogP contribution in [0.3, 0.4) is 0 Å². The van der Waals surface area contributed by atoms with Gasteiger partial charge in [0.05, 0.1) is 17.5 Å². The van der Waals surface area contributed by atoms with Crippen LogP contribution in [0.4, 0.5) is 5.82 Å². The van der Waals surface area contributed by atoms with Crippen molar-refractivity contribution in [3.8, 4) is 0 Å². The van der Waals surface area contributed by atoms with E-state index in [1.54, 1.807) is 13.3 Å². The van der Waals surface area contributed by atoms with Gasteiger partial charge in [-0.1, -0.05) is 0 Å². The lowest BCUT2D eigenvalue weighted by Gasteiger charge is -2.35. The highest BCUT2D eigenvalue weighted by Gasteiger charge is 2.39. The summed E-state index contributed by atoms with van der Waals surface area (Å²) in [4.78, 5) is 28.3. The zero-order valence-corrected chi connectivity index (χ0v) is 12.8. The Morgan fingerprint density at radius 3 is 2.91 bits per heavy atom. The predicted molar refractivity (Wildman–Crippen MR) is 84.7 cm³/mol. The highest BCUT2D eigenvalue weighted by Crippen LogP contribution is 2.35. The molecular formula is C16H21N5O. The molecule has 0 saturated carbocycles. The molecule has 2 aromatic heterocycles. The lowest BCUT2D eigenvalue weighted by molar-refractivity contribution is -0.129. The van der Waals surface area contributed by atoms with Crippen molar-refractivity contribution in [2.45, 2.75) is 44.7 Å². The van der Waals surface area contributed by atoms with Crippen LogP contribution in [0.15, 0.2) is 18.6 Å². The molecule has 116 valence electrons. The number of fused-ring (bicyclic) bond motifs is 1. The zero-order valence-electron chi connectivity index (χ0n) is 12.8. The van der Waals surface area contributed by atoms with Gasteiger partial charge >= 0.3 is 0 Å². The lowest BCUT2D eigenvalue weighted by atomic mass is 10.0. The summed E-state index contributed by atoms with van der Waals surface area (Å²) in [6.45, 7) is 3.59. The number of carbonyl (C=O) groups is 1. The Bertz CT molecular complexity index is 697. The quantitative estimate of drug-likeness (QED) is 0.920. The van der Waals surface area contributed by atoms with Gasteiger partial charge in [-0.3, -0.25) is 4.79 Å². The van der Waals surface area contributed by atoms with Crippen LogP contribution in [0, 0.1) is 0 Å². The molecule has 2 aliphatic rings. The molecule has 0 spiro atoms. The summed E-state index contributed by atoms with van der Waals surface area (Å²) < 4.78 is 0. The van der Waals surface area contributed by atoms with Crippen molar-refractivity contribution in [2.24, 2.45) is 0 Å². The molecule has 0 radical (unpaired) electrons. The van der Waals surface area contributed by atoms with Crippen LogP contribution in [0.1, 0.15) is 32.6 Å². The average molecular weight is 299 g/mol. The summed E-state index contributed by atoms with van der Waals surface area (Å²) in [5, 5.41) is 1.07. The number of anilines is 1. The molecule has 2 fully saturated rings. The number of nitrogens with one attached hydrogen (secondary N) is 1. The van der Waals surface area contributed by atoms with Crippen molar-refractivity contribution >= 4 is 22.8 Å². The number of hydrogen-bond donors (Lipinski definition) is 1. The molecule has 2 atom stereocenters. The summed E-state index contributed by atoms with van der Waals surface area (Å²) >= 11 is 0. The fraction of sp³-hybridized carbons (Fsp3) is 0.562. The Morgan fingerprint density at radius 1 is 1.23 bits per heavy atom. The van der Waals surface area contributed by atoms with Gasteiger partial charge < -0.3 is 14.8 Å². The average Bonchev–Trinajstić information content (AvgIpc) is 3.25. The smallest absolute Gasteiger partial charge is 0.219 e. The fourth-order valence-corrected chi connectivity index (χ4v) is 4.13. The Kier molecular flexibility index (Phi) is 3.24. The van der Waals surface area contributed by atoms with Gasteiger partial charge in [0.25, 0.3) is 0 Å². The highest BCUT2D eigenvalue weighted by molar-refractivity contribution is 5.87. The Morgan fingerprint density at radius 2 is 2.05 bits per heavy atom. The normalized spacial score (nSPS) is 25.3. The van der Waals surface area contributed by atoms with Crippen LogP contribution in [0.5, 0.6) is 0 Å². The third-order valence-electron chi connectivity index (χ3n) is 5.05. The van der Waals surface area contributed by atoms with Gasteiger partial charge in [0.15, 0.2) is 0 Å². The molecule has 4 rings (SSSR count). The first-order chi connectivity index (χ1) is 10.8. The lowest BCUT2D eigenvalue weighted by Crippen LogP contribution is -2.48. The molecule has 4 heterocycles. The van der Waals surface area contributed by atoms with Crippen LogP contribution in [0.2, 0.25) is 0 Å². The Labute approximate surface area is 129 Å². The molecule has 0 aliphatic carbocycles. The van der Waals surface area contributed by atoms with Crippen LogP contribution in [-0.4, -0.2) is 50.9 Å². The number of hydrogen-bond acceptors (Lipinski definition) is 4. The number of nitrogens with zero attached hydrogens (tertiary/aromatic N) is 4. The monoisotopic (exact) mass is 299 g/mol. The SMILES string of the molecule is CC(=O)N1CCC[C@H]1[C@@H]1CCCN1c1ncnc2[nH]ccc12. The van der Waals surface area contributed by atoms with Crippen molar-refractivity contribution < 1.29 is 4.79 Å². The summed E-state index contributed by atoms with van der Waals surface area (Å²) in [6.07, 6.45) is 8.03. The van der Waals surface area contributed by atoms with Gasteiger partial charge in [0, 0.05) is 26.2 Å². The number of aromatic amines is 1. The molecular weight excluding hydrogens is 278 g/mol. The van der Waals surface area contributed by atoms with E-state index in [1.807, 2.05) is 12.3 Å². The summed E-state index contributed by atoms with van der Waals surface area (Å²) in [5.41, 5.74) is 0.880. The maximum atomic E-state index is 11.9. The van der Waals surface area contributed by atoms with E-state index >= 15 is 0 Å². The molecule has 2 aliphatic heterocycles. The topological polar surface area (TPSA) is 65.1 Å². The van der Waals surface area contributed by atoms with Crippen LogP contribution in [0.25, 0.3) is 11.0 Å². The Hall–Kier alpha value is -2.11. The number of H-pyrrole nitrogens is 1. The Balaban J connectivity index is 1.69. The van der Waals surface area contributed by atoms with Gasteiger partial charge in [-0.05, 0) is 31.7 Å². The van der Waals surface area contributed by atoms with Crippen molar-refractivity contribution in [1.29, 1.82) is 0 Å². The largest absolute Gasteiger partial charge is 0.351 e.